The second kappa shape index (κ2) is 11.8. The van der Waals surface area contributed by atoms with Crippen LogP contribution in [0.2, 0.25) is 0 Å². The minimum absolute atomic E-state index is 0. The van der Waals surface area contributed by atoms with Crippen molar-refractivity contribution in [1.82, 2.24) is 5.32 Å². The average Bonchev–Trinajstić information content (AvgIpc) is 3.23. The Morgan fingerprint density at radius 3 is 1.64 bits per heavy atom. The third-order valence-electron chi connectivity index (χ3n) is 6.81. The van der Waals surface area contributed by atoms with E-state index in [0.29, 0.717) is 25.0 Å². The van der Waals surface area contributed by atoms with Gasteiger partial charge in [-0.2, -0.15) is 0 Å². The minimum Gasteiger partial charge on any atom is -1.00 e. The Labute approximate surface area is 220 Å². The normalized spacial score (nSPS) is 40.1. The van der Waals surface area contributed by atoms with Crippen LogP contribution in [-0.2, 0) is 14.3 Å². The zero-order valence-corrected chi connectivity index (χ0v) is 20.0. The molecule has 0 aromatic heterocycles. The van der Waals surface area contributed by atoms with Crippen molar-refractivity contribution in [3.8, 4) is 24.7 Å². The van der Waals surface area contributed by atoms with Gasteiger partial charge in [-0.05, 0) is 55.5 Å². The van der Waals surface area contributed by atoms with Crippen molar-refractivity contribution in [2.24, 2.45) is 47.3 Å². The number of nitrogens with one attached hydrogen (secondary N) is 1. The van der Waals surface area contributed by atoms with Gasteiger partial charge in [0.15, 0.2) is 5.78 Å². The number of carbonyl (C=O) groups excluding carboxylic acids is 1. The topological polar surface area (TPSA) is 47.6 Å². The fraction of sp³-hybridized carbons (Fsp3) is 0.773. The molecular weight excluding hydrogens is 401 g/mol. The molecule has 0 aromatic rings. The molecule has 6 heteroatoms. The van der Waals surface area contributed by atoms with E-state index in [1.807, 2.05) is 0 Å². The smallest absolute Gasteiger partial charge is 1.00 e. The molecule has 3 saturated carbocycles. The van der Waals surface area contributed by atoms with E-state index >= 15 is 0 Å². The van der Waals surface area contributed by atoms with Crippen molar-refractivity contribution < 1.29 is 67.1 Å². The predicted octanol–water partition coefficient (Wildman–Crippen LogP) is -0.617. The number of terminal acetylenes is 2. The van der Waals surface area contributed by atoms with Crippen molar-refractivity contribution in [2.45, 2.75) is 20.3 Å². The molecule has 0 bridgehead atoms. The molecule has 152 valence electrons. The number of hydrogen-bond donors (Lipinski definition) is 1. The first-order valence-corrected chi connectivity index (χ1v) is 9.53. The molecule has 3 aliphatic carbocycles. The van der Waals surface area contributed by atoms with E-state index in [2.05, 4.69) is 21.9 Å². The van der Waals surface area contributed by atoms with E-state index in [-0.39, 0.29) is 78.4 Å². The van der Waals surface area contributed by atoms with Gasteiger partial charge >= 0.3 is 51.4 Å². The third kappa shape index (κ3) is 5.85. The molecule has 28 heavy (non-hydrogen) atoms. The van der Waals surface area contributed by atoms with Gasteiger partial charge in [0, 0.05) is 17.8 Å². The molecule has 6 aliphatic rings. The van der Waals surface area contributed by atoms with Crippen molar-refractivity contribution in [3.63, 3.8) is 0 Å². The molecular formula is C22H33ClKNO3. The summed E-state index contributed by atoms with van der Waals surface area (Å²) < 4.78 is 9.70. The van der Waals surface area contributed by atoms with Crippen LogP contribution in [0, 0.1) is 72.0 Å². The van der Waals surface area contributed by atoms with Gasteiger partial charge in [0.05, 0.1) is 13.2 Å². The van der Waals surface area contributed by atoms with Crippen LogP contribution in [0.4, 0.5) is 0 Å². The zero-order valence-electron chi connectivity index (χ0n) is 17.1. The van der Waals surface area contributed by atoms with Crippen LogP contribution in [0.15, 0.2) is 0 Å². The summed E-state index contributed by atoms with van der Waals surface area (Å²) in [6.45, 7) is 5.06. The van der Waals surface area contributed by atoms with E-state index in [0.717, 1.165) is 48.7 Å². The van der Waals surface area contributed by atoms with Gasteiger partial charge in [-0.25, -0.2) is 0 Å². The first kappa shape index (κ1) is 26.6. The van der Waals surface area contributed by atoms with Gasteiger partial charge in [-0.1, -0.05) is 7.43 Å². The summed E-state index contributed by atoms with van der Waals surface area (Å²) in [6, 6.07) is 0. The number of piperidine rings is 1. The monoisotopic (exact) mass is 433 g/mol. The molecule has 4 nitrogen and oxygen atoms in total. The van der Waals surface area contributed by atoms with Crippen LogP contribution in [0.1, 0.15) is 21.7 Å². The second-order valence-electron chi connectivity index (χ2n) is 8.26. The Morgan fingerprint density at radius 2 is 1.36 bits per heavy atom. The summed E-state index contributed by atoms with van der Waals surface area (Å²) >= 11 is 0. The van der Waals surface area contributed by atoms with Crippen molar-refractivity contribution in [3.05, 3.63) is 0 Å². The Hall–Kier alpha value is 0.596. The van der Waals surface area contributed by atoms with Gasteiger partial charge in [0.2, 0.25) is 0 Å². The quantitative estimate of drug-likeness (QED) is 0.442. The first-order valence-electron chi connectivity index (χ1n) is 9.53. The Balaban J connectivity index is 0.000000409. The van der Waals surface area contributed by atoms with Crippen molar-refractivity contribution in [2.75, 3.05) is 39.5 Å². The standard InChI is InChI=1S/C11H14O.C7H9N.C3H4O2.CH4.ClH.K.H/c1-2-9-10-3-7(4-11(9)10)8-5-12-6-8;1-2-5-6-3-8-4-7(5)6;4-3-1-5-2-3;;;;/h1,7-11H,3-6H2;1,5-8H,3-4H2;1-2H2;1H4;1H;;/q;;;;;+1;-1/t7?,9?,10-,11+;5?,6-,7+;;;;;. The largest absolute Gasteiger partial charge is 1.00 e. The summed E-state index contributed by atoms with van der Waals surface area (Å²) in [6.07, 6.45) is 13.5. The van der Waals surface area contributed by atoms with Gasteiger partial charge in [0.1, 0.15) is 13.2 Å². The number of ether oxygens (including phenoxy) is 2. The molecule has 3 heterocycles. The number of Topliss-reactive ketones (excluding diaryl/α,β-unsaturated/α-hetero) is 1. The van der Waals surface area contributed by atoms with Gasteiger partial charge in [0.25, 0.3) is 0 Å². The summed E-state index contributed by atoms with van der Waals surface area (Å²) in [7, 11) is 0. The Morgan fingerprint density at radius 1 is 0.893 bits per heavy atom. The van der Waals surface area contributed by atoms with Crippen LogP contribution < -0.4 is 56.7 Å². The molecule has 0 radical (unpaired) electrons. The van der Waals surface area contributed by atoms with Gasteiger partial charge < -0.3 is 16.2 Å². The molecule has 1 N–H and O–H groups in total. The van der Waals surface area contributed by atoms with Gasteiger partial charge in [-0.3, -0.25) is 4.79 Å². The fourth-order valence-electron chi connectivity index (χ4n) is 4.89. The molecule has 3 saturated heterocycles. The molecule has 7 atom stereocenters. The maximum atomic E-state index is 9.77. The first-order chi connectivity index (χ1) is 12.2. The number of halogens is 1. The van der Waals surface area contributed by atoms with Crippen LogP contribution in [-0.4, -0.2) is 45.3 Å². The van der Waals surface area contributed by atoms with E-state index in [9.17, 15) is 4.79 Å². The number of carbonyl (C=O) groups is 1. The average molecular weight is 434 g/mol. The predicted molar refractivity (Wildman–Crippen MR) is 109 cm³/mol. The van der Waals surface area contributed by atoms with E-state index in [1.165, 1.54) is 25.9 Å². The maximum Gasteiger partial charge on any atom is 1.00 e. The number of ketones is 1. The Kier molecular flexibility index (Phi) is 11.3. The molecule has 6 rings (SSSR count). The second-order valence-corrected chi connectivity index (χ2v) is 8.26. The summed E-state index contributed by atoms with van der Waals surface area (Å²) in [5, 5.41) is 3.29. The van der Waals surface area contributed by atoms with Crippen LogP contribution in [0.5, 0.6) is 0 Å². The SMILES string of the molecule is C.C#CC1[C@H]2CC(C3COC3)C[C@@H]12.C#CC1[C@H]2CNC[C@@H]12.Cl.O=C1COC1.[H-].[K+]. The number of fused-ring (bicyclic) bond motifs is 2. The van der Waals surface area contributed by atoms with E-state index in [1.54, 1.807) is 0 Å². The maximum absolute atomic E-state index is 9.77. The third-order valence-corrected chi connectivity index (χ3v) is 6.81. The van der Waals surface area contributed by atoms with E-state index in [4.69, 9.17) is 17.6 Å². The molecule has 0 aromatic carbocycles. The minimum atomic E-state index is 0. The summed E-state index contributed by atoms with van der Waals surface area (Å²) in [5.74, 6) is 12.6. The zero-order chi connectivity index (χ0) is 17.4. The fourth-order valence-corrected chi connectivity index (χ4v) is 4.89. The molecule has 3 aliphatic heterocycles. The Bertz CT molecular complexity index is 590. The van der Waals surface area contributed by atoms with Crippen LogP contribution in [0.3, 0.4) is 0 Å². The summed E-state index contributed by atoms with van der Waals surface area (Å²) in [4.78, 5) is 9.77. The van der Waals surface area contributed by atoms with Crippen LogP contribution in [0.25, 0.3) is 0 Å². The number of hydrogen-bond acceptors (Lipinski definition) is 4. The molecule has 6 fully saturated rings. The van der Waals surface area contributed by atoms with Crippen molar-refractivity contribution >= 4 is 18.2 Å². The molecule has 3 unspecified atom stereocenters. The van der Waals surface area contributed by atoms with E-state index < -0.39 is 0 Å². The van der Waals surface area contributed by atoms with Crippen molar-refractivity contribution in [1.29, 1.82) is 0 Å². The molecule has 0 spiro atoms. The van der Waals surface area contributed by atoms with Crippen LogP contribution >= 0.6 is 12.4 Å². The summed E-state index contributed by atoms with van der Waals surface area (Å²) in [5.41, 5.74) is 0. The number of rotatable bonds is 1. The molecule has 0 amide bonds. The van der Waals surface area contributed by atoms with Gasteiger partial charge in [-0.15, -0.1) is 37.1 Å².